The molecular weight excluding hydrogens is 439 g/mol. The zero-order valence-corrected chi connectivity index (χ0v) is 17.9. The molecule has 0 atom stereocenters. The number of primary amides is 1. The van der Waals surface area contributed by atoms with Gasteiger partial charge in [0.05, 0.1) is 12.1 Å². The Kier molecular flexibility index (Phi) is 7.87. The highest BCUT2D eigenvalue weighted by Crippen LogP contribution is 2.16. The minimum absolute atomic E-state index is 0. The minimum Gasteiger partial charge on any atom is -0.368 e. The molecule has 1 fully saturated rings. The lowest BCUT2D eigenvalue weighted by atomic mass is 10.0. The van der Waals surface area contributed by atoms with Gasteiger partial charge >= 0.3 is 0 Å². The van der Waals surface area contributed by atoms with Gasteiger partial charge in [0.2, 0.25) is 5.91 Å². The van der Waals surface area contributed by atoms with Crippen molar-refractivity contribution in [1.82, 2.24) is 20.1 Å². The van der Waals surface area contributed by atoms with E-state index in [1.807, 2.05) is 26.2 Å². The maximum absolute atomic E-state index is 11.6. The first kappa shape index (κ1) is 21.1. The maximum Gasteiger partial charge on any atom is 0.237 e. The molecule has 0 spiro atoms. The fourth-order valence-electron chi connectivity index (χ4n) is 2.60. The third-order valence-corrected chi connectivity index (χ3v) is 5.22. The van der Waals surface area contributed by atoms with E-state index in [0.29, 0.717) is 6.54 Å². The van der Waals surface area contributed by atoms with E-state index < -0.39 is 5.54 Å². The van der Waals surface area contributed by atoms with Gasteiger partial charge in [-0.1, -0.05) is 0 Å². The molecule has 2 heterocycles. The molecule has 1 aliphatic heterocycles. The van der Waals surface area contributed by atoms with Crippen molar-refractivity contribution < 1.29 is 4.79 Å². The van der Waals surface area contributed by atoms with Crippen LogP contribution in [0, 0.1) is 6.92 Å². The number of guanidine groups is 1. The monoisotopic (exact) mass is 466 g/mol. The molecular formula is C15H27IN6OS. The van der Waals surface area contributed by atoms with Gasteiger partial charge in [-0.15, -0.1) is 35.3 Å². The number of aryl methyl sites for hydroxylation is 1. The van der Waals surface area contributed by atoms with Crippen LogP contribution in [0.4, 0.5) is 0 Å². The summed E-state index contributed by atoms with van der Waals surface area (Å²) in [4.78, 5) is 24.7. The highest BCUT2D eigenvalue weighted by molar-refractivity contribution is 14.0. The number of carbonyl (C=O) groups is 1. The van der Waals surface area contributed by atoms with Crippen LogP contribution in [0.3, 0.4) is 0 Å². The summed E-state index contributed by atoms with van der Waals surface area (Å²) >= 11 is 1.65. The summed E-state index contributed by atoms with van der Waals surface area (Å²) in [6, 6.07) is 0. The van der Waals surface area contributed by atoms with E-state index in [1.165, 1.54) is 0 Å². The summed E-state index contributed by atoms with van der Waals surface area (Å²) in [6.07, 6.45) is 0. The number of halogens is 1. The predicted octanol–water partition coefficient (Wildman–Crippen LogP) is 1.03. The molecule has 7 nitrogen and oxygen atoms in total. The van der Waals surface area contributed by atoms with Crippen LogP contribution in [-0.2, 0) is 11.3 Å². The molecule has 0 unspecified atom stereocenters. The molecule has 136 valence electrons. The van der Waals surface area contributed by atoms with Gasteiger partial charge in [-0.05, 0) is 20.8 Å². The quantitative estimate of drug-likeness (QED) is 0.393. The highest BCUT2D eigenvalue weighted by atomic mass is 127. The molecule has 0 aromatic carbocycles. The predicted molar refractivity (Wildman–Crippen MR) is 109 cm³/mol. The van der Waals surface area contributed by atoms with E-state index in [9.17, 15) is 4.79 Å². The van der Waals surface area contributed by atoms with Crippen molar-refractivity contribution in [1.29, 1.82) is 0 Å². The average Bonchev–Trinajstić information content (AvgIpc) is 2.94. The summed E-state index contributed by atoms with van der Waals surface area (Å²) < 4.78 is 0. The van der Waals surface area contributed by atoms with E-state index in [-0.39, 0.29) is 29.9 Å². The number of aromatic nitrogens is 1. The van der Waals surface area contributed by atoms with E-state index in [0.717, 1.165) is 42.8 Å². The van der Waals surface area contributed by atoms with Gasteiger partial charge in [0, 0.05) is 44.3 Å². The number of nitrogens with zero attached hydrogens (tertiary/aromatic N) is 4. The molecule has 24 heavy (non-hydrogen) atoms. The summed E-state index contributed by atoms with van der Waals surface area (Å²) in [5, 5.41) is 6.46. The fourth-order valence-corrected chi connectivity index (χ4v) is 3.32. The summed E-state index contributed by atoms with van der Waals surface area (Å²) in [5.74, 6) is 0.585. The molecule has 0 aliphatic carbocycles. The van der Waals surface area contributed by atoms with Gasteiger partial charge in [0.25, 0.3) is 0 Å². The Morgan fingerprint density at radius 1 is 1.42 bits per heavy atom. The Hall–Kier alpha value is -0.940. The number of hydrogen-bond donors (Lipinski definition) is 2. The topological polar surface area (TPSA) is 86.8 Å². The molecule has 2 rings (SSSR count). The van der Waals surface area contributed by atoms with Crippen molar-refractivity contribution in [2.45, 2.75) is 32.9 Å². The van der Waals surface area contributed by atoms with Crippen molar-refractivity contribution in [3.8, 4) is 0 Å². The first-order chi connectivity index (χ1) is 10.8. The van der Waals surface area contributed by atoms with Crippen molar-refractivity contribution in [2.75, 3.05) is 33.2 Å². The molecule has 1 amide bonds. The van der Waals surface area contributed by atoms with Crippen molar-refractivity contribution >= 4 is 47.2 Å². The van der Waals surface area contributed by atoms with Crippen LogP contribution in [0.15, 0.2) is 10.4 Å². The molecule has 0 bridgehead atoms. The Morgan fingerprint density at radius 3 is 2.50 bits per heavy atom. The average molecular weight is 466 g/mol. The molecule has 1 aromatic heterocycles. The van der Waals surface area contributed by atoms with Crippen LogP contribution in [0.5, 0.6) is 0 Å². The second kappa shape index (κ2) is 8.95. The zero-order valence-electron chi connectivity index (χ0n) is 14.7. The van der Waals surface area contributed by atoms with E-state index in [2.05, 4.69) is 25.1 Å². The number of carbonyl (C=O) groups excluding carboxylic acids is 1. The first-order valence-electron chi connectivity index (χ1n) is 7.76. The van der Waals surface area contributed by atoms with E-state index >= 15 is 0 Å². The van der Waals surface area contributed by atoms with Crippen molar-refractivity contribution in [3.63, 3.8) is 0 Å². The third-order valence-electron chi connectivity index (χ3n) is 4.25. The number of nitrogens with two attached hydrogens (primary N) is 1. The molecule has 1 aliphatic rings. The number of nitrogens with one attached hydrogen (secondary N) is 1. The van der Waals surface area contributed by atoms with Crippen LogP contribution in [0.25, 0.3) is 0 Å². The lowest BCUT2D eigenvalue weighted by Crippen LogP contribution is -2.61. The second-order valence-electron chi connectivity index (χ2n) is 6.18. The molecule has 3 N–H and O–H groups in total. The van der Waals surface area contributed by atoms with Crippen molar-refractivity contribution in [2.24, 2.45) is 10.7 Å². The Bertz CT molecular complexity index is 580. The fraction of sp³-hybridized carbons (Fsp3) is 0.667. The molecule has 1 saturated heterocycles. The Morgan fingerprint density at radius 2 is 2.04 bits per heavy atom. The van der Waals surface area contributed by atoms with E-state index in [4.69, 9.17) is 5.73 Å². The zero-order chi connectivity index (χ0) is 17.0. The molecule has 9 heteroatoms. The lowest BCUT2D eigenvalue weighted by molar-refractivity contribution is -0.129. The molecule has 0 radical (unpaired) electrons. The Balaban J connectivity index is 0.00000288. The largest absolute Gasteiger partial charge is 0.368 e. The smallest absolute Gasteiger partial charge is 0.237 e. The summed E-state index contributed by atoms with van der Waals surface area (Å²) in [5.41, 5.74) is 5.94. The standard InChI is InChI=1S/C15H26N6OS.HI/c1-11-10-23-12(19-11)9-18-14(17-4)20-5-7-21(8-6-20)15(2,3)13(16)22;/h10H,5-9H2,1-4H3,(H2,16,22)(H,17,18);1H. The maximum atomic E-state index is 11.6. The molecule has 1 aromatic rings. The van der Waals surface area contributed by atoms with Crippen LogP contribution in [0.1, 0.15) is 24.5 Å². The minimum atomic E-state index is -0.610. The Labute approximate surface area is 164 Å². The van der Waals surface area contributed by atoms with Crippen molar-refractivity contribution in [3.05, 3.63) is 16.1 Å². The number of thiazole rings is 1. The van der Waals surface area contributed by atoms with Crippen LogP contribution >= 0.6 is 35.3 Å². The molecule has 0 saturated carbocycles. The number of amides is 1. The van der Waals surface area contributed by atoms with Gasteiger partial charge in [-0.3, -0.25) is 14.7 Å². The number of aliphatic imine (C=N–C) groups is 1. The third kappa shape index (κ3) is 5.03. The summed E-state index contributed by atoms with van der Waals surface area (Å²) in [7, 11) is 1.79. The lowest BCUT2D eigenvalue weighted by Gasteiger charge is -2.43. The van der Waals surface area contributed by atoms with Gasteiger partial charge in [0.1, 0.15) is 5.01 Å². The van der Waals surface area contributed by atoms with E-state index in [1.54, 1.807) is 18.4 Å². The van der Waals surface area contributed by atoms with Crippen LogP contribution < -0.4 is 11.1 Å². The SMILES string of the molecule is CN=C(NCc1nc(C)cs1)N1CCN(C(C)(C)C(N)=O)CC1.I. The van der Waals surface area contributed by atoms with Gasteiger partial charge in [-0.25, -0.2) is 4.98 Å². The summed E-state index contributed by atoms with van der Waals surface area (Å²) in [6.45, 7) is 9.62. The second-order valence-corrected chi connectivity index (χ2v) is 7.12. The van der Waals surface area contributed by atoms with Crippen LogP contribution in [-0.4, -0.2) is 65.4 Å². The number of hydrogen-bond acceptors (Lipinski definition) is 5. The first-order valence-corrected chi connectivity index (χ1v) is 8.64. The van der Waals surface area contributed by atoms with Gasteiger partial charge in [0.15, 0.2) is 5.96 Å². The number of piperazine rings is 1. The van der Waals surface area contributed by atoms with Gasteiger partial charge in [-0.2, -0.15) is 0 Å². The van der Waals surface area contributed by atoms with Crippen LogP contribution in [0.2, 0.25) is 0 Å². The van der Waals surface area contributed by atoms with Gasteiger partial charge < -0.3 is 16.0 Å². The highest BCUT2D eigenvalue weighted by Gasteiger charge is 2.35. The number of rotatable bonds is 4. The normalized spacial score (nSPS) is 16.7.